The number of nitrogens with zero attached hydrogens (tertiary/aromatic N) is 1. The Morgan fingerprint density at radius 3 is 2.42 bits per heavy atom. The average Bonchev–Trinajstić information content (AvgIpc) is 2.91. The quantitative estimate of drug-likeness (QED) is 0.854. The Morgan fingerprint density at radius 2 is 1.89 bits per heavy atom. The molecule has 0 aliphatic carbocycles. The topological polar surface area (TPSA) is 40.5 Å². The summed E-state index contributed by atoms with van der Waals surface area (Å²) in [5.74, 6) is -0.733. The van der Waals surface area contributed by atoms with E-state index >= 15 is 0 Å². The maximum Gasteiger partial charge on any atom is 0.325 e. The molecule has 1 heterocycles. The predicted molar refractivity (Wildman–Crippen MR) is 76.2 cm³/mol. The van der Waals surface area contributed by atoms with Gasteiger partial charge in [0.1, 0.15) is 6.04 Å². The van der Waals surface area contributed by atoms with Gasteiger partial charge in [-0.25, -0.2) is 0 Å². The van der Waals surface area contributed by atoms with Gasteiger partial charge in [-0.2, -0.15) is 0 Å². The van der Waals surface area contributed by atoms with Gasteiger partial charge in [0.15, 0.2) is 0 Å². The molecule has 19 heavy (non-hydrogen) atoms. The van der Waals surface area contributed by atoms with E-state index in [0.29, 0.717) is 0 Å². The molecule has 1 fully saturated rings. The highest BCUT2D eigenvalue weighted by atomic mass is 16.4. The van der Waals surface area contributed by atoms with Crippen molar-refractivity contribution in [2.45, 2.75) is 45.1 Å². The van der Waals surface area contributed by atoms with Crippen LogP contribution in [0, 0.1) is 0 Å². The molecule has 3 nitrogen and oxygen atoms in total. The normalized spacial score (nSPS) is 17.5. The molecule has 2 rings (SSSR count). The van der Waals surface area contributed by atoms with Crippen molar-refractivity contribution >= 4 is 5.97 Å². The van der Waals surface area contributed by atoms with Gasteiger partial charge in [0.25, 0.3) is 0 Å². The molecule has 1 N–H and O–H groups in total. The van der Waals surface area contributed by atoms with Gasteiger partial charge in [0.2, 0.25) is 0 Å². The highest BCUT2D eigenvalue weighted by Gasteiger charge is 2.29. The monoisotopic (exact) mass is 261 g/mol. The van der Waals surface area contributed by atoms with E-state index in [-0.39, 0.29) is 0 Å². The maximum absolute atomic E-state index is 11.5. The van der Waals surface area contributed by atoms with Crippen molar-refractivity contribution in [1.29, 1.82) is 0 Å². The van der Waals surface area contributed by atoms with Crippen LogP contribution in [0.1, 0.15) is 49.8 Å². The smallest absolute Gasteiger partial charge is 0.325 e. The number of aliphatic carboxylic acids is 1. The zero-order chi connectivity index (χ0) is 13.7. The molecule has 3 heteroatoms. The van der Waals surface area contributed by atoms with Crippen LogP contribution in [-0.2, 0) is 11.2 Å². The minimum absolute atomic E-state index is 0.470. The number of benzene rings is 1. The van der Waals surface area contributed by atoms with Crippen LogP contribution >= 0.6 is 0 Å². The Balaban J connectivity index is 2.10. The molecule has 1 unspecified atom stereocenters. The Kier molecular flexibility index (Phi) is 4.97. The SMILES string of the molecule is CCCCc1ccc(C(C(=O)O)N2CCCC2)cc1. The number of carboxylic acid groups (broad SMARTS) is 1. The first-order valence-corrected chi connectivity index (χ1v) is 7.28. The molecule has 0 bridgehead atoms. The third kappa shape index (κ3) is 3.57. The number of rotatable bonds is 6. The van der Waals surface area contributed by atoms with Crippen molar-refractivity contribution in [3.63, 3.8) is 0 Å². The molecule has 104 valence electrons. The van der Waals surface area contributed by atoms with Crippen LogP contribution in [0.3, 0.4) is 0 Å². The van der Waals surface area contributed by atoms with Gasteiger partial charge in [-0.15, -0.1) is 0 Å². The highest BCUT2D eigenvalue weighted by Crippen LogP contribution is 2.25. The zero-order valence-electron chi connectivity index (χ0n) is 11.6. The summed E-state index contributed by atoms with van der Waals surface area (Å²) in [6, 6.07) is 7.67. The third-order valence-electron chi connectivity index (χ3n) is 3.85. The number of hydrogen-bond donors (Lipinski definition) is 1. The lowest BCUT2D eigenvalue weighted by atomic mass is 10.0. The molecule has 1 aromatic rings. The van der Waals surface area contributed by atoms with Crippen LogP contribution in [0.15, 0.2) is 24.3 Å². The Morgan fingerprint density at radius 1 is 1.26 bits per heavy atom. The van der Waals surface area contributed by atoms with Crippen molar-refractivity contribution in [2.75, 3.05) is 13.1 Å². The lowest BCUT2D eigenvalue weighted by molar-refractivity contribution is -0.143. The van der Waals surface area contributed by atoms with E-state index in [4.69, 9.17) is 0 Å². The van der Waals surface area contributed by atoms with Gasteiger partial charge in [0, 0.05) is 0 Å². The fourth-order valence-corrected chi connectivity index (χ4v) is 2.76. The lowest BCUT2D eigenvalue weighted by Gasteiger charge is -2.24. The van der Waals surface area contributed by atoms with Crippen LogP contribution in [-0.4, -0.2) is 29.1 Å². The summed E-state index contributed by atoms with van der Waals surface area (Å²) in [6.07, 6.45) is 5.68. The third-order valence-corrected chi connectivity index (χ3v) is 3.85. The number of unbranched alkanes of at least 4 members (excludes halogenated alkanes) is 1. The number of likely N-dealkylation sites (tertiary alicyclic amines) is 1. The molecule has 1 saturated heterocycles. The van der Waals surface area contributed by atoms with Crippen LogP contribution in [0.2, 0.25) is 0 Å². The van der Waals surface area contributed by atoms with E-state index in [1.165, 1.54) is 18.4 Å². The second-order valence-electron chi connectivity index (χ2n) is 5.33. The number of aryl methyl sites for hydroxylation is 1. The van der Waals surface area contributed by atoms with Crippen molar-refractivity contribution in [2.24, 2.45) is 0 Å². The van der Waals surface area contributed by atoms with E-state index in [2.05, 4.69) is 24.0 Å². The molecular formula is C16H23NO2. The minimum Gasteiger partial charge on any atom is -0.480 e. The predicted octanol–water partition coefficient (Wildman–Crippen LogP) is 3.25. The molecule has 1 aromatic carbocycles. The van der Waals surface area contributed by atoms with Crippen molar-refractivity contribution in [3.8, 4) is 0 Å². The molecule has 1 aliphatic heterocycles. The number of hydrogen-bond acceptors (Lipinski definition) is 2. The first-order chi connectivity index (χ1) is 9.22. The standard InChI is InChI=1S/C16H23NO2/c1-2-3-6-13-7-9-14(10-8-13)15(16(18)19)17-11-4-5-12-17/h7-10,15H,2-6,11-12H2,1H3,(H,18,19). The molecule has 0 amide bonds. The van der Waals surface area contributed by atoms with E-state index < -0.39 is 12.0 Å². The molecule has 1 atom stereocenters. The summed E-state index contributed by atoms with van der Waals surface area (Å²) in [7, 11) is 0. The van der Waals surface area contributed by atoms with E-state index in [1.54, 1.807) is 0 Å². The summed E-state index contributed by atoms with van der Waals surface area (Å²) < 4.78 is 0. The van der Waals surface area contributed by atoms with Crippen LogP contribution in [0.25, 0.3) is 0 Å². The summed E-state index contributed by atoms with van der Waals surface area (Å²) in [5, 5.41) is 9.46. The van der Waals surface area contributed by atoms with Crippen molar-refractivity contribution < 1.29 is 9.90 Å². The zero-order valence-corrected chi connectivity index (χ0v) is 11.6. The van der Waals surface area contributed by atoms with Gasteiger partial charge in [0.05, 0.1) is 0 Å². The fourth-order valence-electron chi connectivity index (χ4n) is 2.76. The second kappa shape index (κ2) is 6.71. The van der Waals surface area contributed by atoms with Crippen LogP contribution < -0.4 is 0 Å². The van der Waals surface area contributed by atoms with E-state index in [0.717, 1.165) is 37.9 Å². The first-order valence-electron chi connectivity index (χ1n) is 7.28. The summed E-state index contributed by atoms with van der Waals surface area (Å²) >= 11 is 0. The van der Waals surface area contributed by atoms with Gasteiger partial charge in [-0.1, -0.05) is 37.6 Å². The highest BCUT2D eigenvalue weighted by molar-refractivity contribution is 5.75. The molecule has 0 spiro atoms. The molecular weight excluding hydrogens is 238 g/mol. The van der Waals surface area contributed by atoms with Gasteiger partial charge >= 0.3 is 5.97 Å². The Bertz CT molecular complexity index is 407. The minimum atomic E-state index is -0.733. The fraction of sp³-hybridized carbons (Fsp3) is 0.562. The van der Waals surface area contributed by atoms with Crippen LogP contribution in [0.4, 0.5) is 0 Å². The first kappa shape index (κ1) is 14.1. The Hall–Kier alpha value is -1.35. The van der Waals surface area contributed by atoms with Gasteiger partial charge in [-0.3, -0.25) is 9.69 Å². The van der Waals surface area contributed by atoms with E-state index in [1.807, 2.05) is 12.1 Å². The molecule has 1 aliphatic rings. The number of carboxylic acids is 1. The average molecular weight is 261 g/mol. The summed E-state index contributed by atoms with van der Waals surface area (Å²) in [6.45, 7) is 3.98. The summed E-state index contributed by atoms with van der Waals surface area (Å²) in [4.78, 5) is 13.6. The second-order valence-corrected chi connectivity index (χ2v) is 5.33. The molecule has 0 saturated carbocycles. The van der Waals surface area contributed by atoms with Crippen molar-refractivity contribution in [1.82, 2.24) is 4.90 Å². The summed E-state index contributed by atoms with van der Waals surface area (Å²) in [5.41, 5.74) is 2.21. The largest absolute Gasteiger partial charge is 0.480 e. The lowest BCUT2D eigenvalue weighted by Crippen LogP contribution is -2.31. The van der Waals surface area contributed by atoms with E-state index in [9.17, 15) is 9.90 Å². The van der Waals surface area contributed by atoms with Gasteiger partial charge < -0.3 is 5.11 Å². The van der Waals surface area contributed by atoms with Gasteiger partial charge in [-0.05, 0) is 49.9 Å². The molecule has 0 radical (unpaired) electrons. The van der Waals surface area contributed by atoms with Crippen LogP contribution in [0.5, 0.6) is 0 Å². The molecule has 0 aromatic heterocycles. The van der Waals surface area contributed by atoms with Crippen molar-refractivity contribution in [3.05, 3.63) is 35.4 Å². The number of carbonyl (C=O) groups is 1. The Labute approximate surface area is 115 Å². The maximum atomic E-state index is 11.5.